The number of nitrogens with one attached hydrogen (secondary N) is 2. The van der Waals surface area contributed by atoms with Gasteiger partial charge in [0.15, 0.2) is 15.7 Å². The topological polar surface area (TPSA) is 160 Å². The number of nitrogens with zero attached hydrogens (tertiary/aromatic N) is 5. The van der Waals surface area contributed by atoms with Gasteiger partial charge in [-0.15, -0.1) is 0 Å². The first-order valence-corrected chi connectivity index (χ1v) is 14.3. The lowest BCUT2D eigenvalue weighted by molar-refractivity contribution is 0.0985. The van der Waals surface area contributed by atoms with E-state index in [0.717, 1.165) is 11.5 Å². The van der Waals surface area contributed by atoms with Crippen LogP contribution >= 0.6 is 11.5 Å². The number of ether oxygens (including phenoxy) is 1. The molecular weight excluding hydrogens is 518 g/mol. The minimum Gasteiger partial charge on any atom is -0.395 e. The molecule has 196 valence electrons. The highest BCUT2D eigenvalue weighted by molar-refractivity contribution is 7.92. The molecule has 1 saturated heterocycles. The third-order valence-electron chi connectivity index (χ3n) is 6.48. The number of carbonyl (C=O) groups excluding carboxylic acids is 1. The molecule has 0 spiro atoms. The highest BCUT2D eigenvalue weighted by Gasteiger charge is 2.57. The summed E-state index contributed by atoms with van der Waals surface area (Å²) >= 11 is 1.07. The number of amides is 2. The average Bonchev–Trinajstić information content (AvgIpc) is 3.56. The van der Waals surface area contributed by atoms with Gasteiger partial charge >= 0.3 is 6.03 Å². The zero-order valence-corrected chi connectivity index (χ0v) is 21.8. The van der Waals surface area contributed by atoms with E-state index in [-0.39, 0.29) is 11.8 Å². The molecule has 3 N–H and O–H groups in total. The molecule has 1 atom stereocenters. The van der Waals surface area contributed by atoms with E-state index in [2.05, 4.69) is 24.9 Å². The molecule has 0 bridgehead atoms. The van der Waals surface area contributed by atoms with E-state index < -0.39 is 27.2 Å². The maximum Gasteiger partial charge on any atom is 0.325 e. The number of urea groups is 1. The van der Waals surface area contributed by atoms with E-state index in [1.165, 1.54) is 6.33 Å². The summed E-state index contributed by atoms with van der Waals surface area (Å²) in [4.78, 5) is 27.7. The lowest BCUT2D eigenvalue weighted by Crippen LogP contribution is -2.44. The van der Waals surface area contributed by atoms with Crippen molar-refractivity contribution >= 4 is 44.0 Å². The van der Waals surface area contributed by atoms with Crippen molar-refractivity contribution in [3.8, 4) is 11.4 Å². The normalized spacial score (nSPS) is 18.9. The standard InChI is InChI=1S/C23H27N7O5S2/c1-15-13-35-10-8-30(15)19-12-18(23(6-7-23)37(33,34)11-9-31)27-20(28-19)16-2-4-17(5-3-16)26-21(32)29-22-24-14-25-36-22/h2-5,12,14-15,31H,6-11,13H2,1H3,(H2,24,25,26,29,32)/t15-/m0/s1. The second kappa shape index (κ2) is 10.3. The lowest BCUT2D eigenvalue weighted by Gasteiger charge is -2.34. The molecule has 12 nitrogen and oxygen atoms in total. The van der Waals surface area contributed by atoms with E-state index >= 15 is 0 Å². The second-order valence-electron chi connectivity index (χ2n) is 8.99. The largest absolute Gasteiger partial charge is 0.395 e. The lowest BCUT2D eigenvalue weighted by atomic mass is 10.1. The van der Waals surface area contributed by atoms with Crippen LogP contribution < -0.4 is 15.5 Å². The first-order chi connectivity index (χ1) is 17.8. The van der Waals surface area contributed by atoms with E-state index in [9.17, 15) is 18.3 Å². The summed E-state index contributed by atoms with van der Waals surface area (Å²) in [5.74, 6) is 0.719. The number of rotatable bonds is 8. The van der Waals surface area contributed by atoms with E-state index in [1.807, 2.05) is 6.92 Å². The van der Waals surface area contributed by atoms with E-state index in [1.54, 1.807) is 30.3 Å². The Morgan fingerprint density at radius 1 is 1.24 bits per heavy atom. The molecule has 14 heteroatoms. The Morgan fingerprint density at radius 2 is 2.03 bits per heavy atom. The second-order valence-corrected chi connectivity index (χ2v) is 12.2. The van der Waals surface area contributed by atoms with Crippen LogP contribution in [0.5, 0.6) is 0 Å². The van der Waals surface area contributed by atoms with Crippen LogP contribution in [0, 0.1) is 0 Å². The Kier molecular flexibility index (Phi) is 7.07. The quantitative estimate of drug-likeness (QED) is 0.383. The van der Waals surface area contributed by atoms with Crippen LogP contribution in [-0.4, -0.2) is 77.0 Å². The summed E-state index contributed by atoms with van der Waals surface area (Å²) in [6, 6.07) is 8.36. The SMILES string of the molecule is C[C@H]1COCCN1c1cc(C2(S(=O)(=O)CCO)CC2)nc(-c2ccc(NC(=O)Nc3ncns3)cc2)n1. The number of morpholine rings is 1. The number of benzene rings is 1. The molecule has 2 aromatic heterocycles. The van der Waals surface area contributed by atoms with Crippen LogP contribution in [0.3, 0.4) is 0 Å². The molecule has 5 rings (SSSR count). The third kappa shape index (κ3) is 5.28. The van der Waals surface area contributed by atoms with Crippen molar-refractivity contribution in [1.29, 1.82) is 0 Å². The van der Waals surface area contributed by atoms with E-state index in [4.69, 9.17) is 14.7 Å². The van der Waals surface area contributed by atoms with Crippen molar-refractivity contribution in [2.45, 2.75) is 30.6 Å². The fraction of sp³-hybridized carbons (Fsp3) is 0.435. The predicted octanol–water partition coefficient (Wildman–Crippen LogP) is 2.26. The van der Waals surface area contributed by atoms with Crippen molar-refractivity contribution in [2.24, 2.45) is 0 Å². The molecule has 1 aliphatic carbocycles. The molecule has 2 amide bonds. The number of aromatic nitrogens is 4. The molecule has 2 aliphatic rings. The maximum atomic E-state index is 13.1. The van der Waals surface area contributed by atoms with Gasteiger partial charge in [-0.25, -0.2) is 28.2 Å². The third-order valence-corrected chi connectivity index (χ3v) is 9.59. The molecule has 0 radical (unpaired) electrons. The number of aliphatic hydroxyl groups is 1. The monoisotopic (exact) mass is 545 g/mol. The Balaban J connectivity index is 1.46. The Morgan fingerprint density at radius 3 is 2.68 bits per heavy atom. The minimum absolute atomic E-state index is 0.0617. The van der Waals surface area contributed by atoms with Crippen LogP contribution in [0.1, 0.15) is 25.5 Å². The molecule has 0 unspecified atom stereocenters. The number of hydrogen-bond acceptors (Lipinski definition) is 11. The molecule has 37 heavy (non-hydrogen) atoms. The van der Waals surface area contributed by atoms with Crippen LogP contribution in [0.4, 0.5) is 21.4 Å². The Labute approximate surface area is 218 Å². The van der Waals surface area contributed by atoms with Crippen LogP contribution in [0.15, 0.2) is 36.7 Å². The molecule has 2 fully saturated rings. The molecule has 1 aromatic carbocycles. The summed E-state index contributed by atoms with van der Waals surface area (Å²) in [5, 5.41) is 15.1. The van der Waals surface area contributed by atoms with Gasteiger partial charge in [-0.1, -0.05) is 0 Å². The number of aliphatic hydroxyl groups excluding tert-OH is 1. The molecule has 1 aliphatic heterocycles. The van der Waals surface area contributed by atoms with Crippen molar-refractivity contribution in [3.63, 3.8) is 0 Å². The summed E-state index contributed by atoms with van der Waals surface area (Å²) in [5.41, 5.74) is 1.67. The minimum atomic E-state index is -3.60. The first kappa shape index (κ1) is 25.4. The van der Waals surface area contributed by atoms with Gasteiger partial charge in [0.05, 0.1) is 37.3 Å². The summed E-state index contributed by atoms with van der Waals surface area (Å²) in [7, 11) is -3.60. The highest BCUT2D eigenvalue weighted by Crippen LogP contribution is 2.53. The molecule has 3 heterocycles. The predicted molar refractivity (Wildman–Crippen MR) is 139 cm³/mol. The molecule has 1 saturated carbocycles. The van der Waals surface area contributed by atoms with Crippen molar-refractivity contribution < 1.29 is 23.1 Å². The van der Waals surface area contributed by atoms with Gasteiger partial charge < -0.3 is 20.1 Å². The zero-order chi connectivity index (χ0) is 26.0. The van der Waals surface area contributed by atoms with Gasteiger partial charge in [0, 0.05) is 35.4 Å². The fourth-order valence-electron chi connectivity index (χ4n) is 4.36. The Hall–Kier alpha value is -3.20. The van der Waals surface area contributed by atoms with Crippen LogP contribution in [0.2, 0.25) is 0 Å². The number of anilines is 3. The van der Waals surface area contributed by atoms with Gasteiger partial charge in [0.1, 0.15) is 16.9 Å². The van der Waals surface area contributed by atoms with Gasteiger partial charge in [0.2, 0.25) is 5.13 Å². The van der Waals surface area contributed by atoms with Gasteiger partial charge in [-0.3, -0.25) is 5.32 Å². The number of sulfone groups is 1. The van der Waals surface area contributed by atoms with E-state index in [0.29, 0.717) is 66.3 Å². The van der Waals surface area contributed by atoms with Gasteiger partial charge in [-0.05, 0) is 44.0 Å². The smallest absolute Gasteiger partial charge is 0.325 e. The van der Waals surface area contributed by atoms with Crippen molar-refractivity contribution in [1.82, 2.24) is 19.3 Å². The Bertz CT molecular complexity index is 1360. The molecule has 3 aromatic rings. The van der Waals surface area contributed by atoms with Crippen molar-refractivity contribution in [3.05, 3.63) is 42.4 Å². The van der Waals surface area contributed by atoms with Gasteiger partial charge in [-0.2, -0.15) is 4.37 Å². The summed E-state index contributed by atoms with van der Waals surface area (Å²) in [6.07, 6.45) is 2.27. The number of carbonyl (C=O) groups is 1. The fourth-order valence-corrected chi connectivity index (χ4v) is 6.56. The number of hydrogen-bond donors (Lipinski definition) is 3. The van der Waals surface area contributed by atoms with Crippen LogP contribution in [0.25, 0.3) is 11.4 Å². The van der Waals surface area contributed by atoms with Crippen molar-refractivity contribution in [2.75, 3.05) is 47.7 Å². The first-order valence-electron chi connectivity index (χ1n) is 11.8. The molecular formula is C23H27N7O5S2. The highest BCUT2D eigenvalue weighted by atomic mass is 32.2. The zero-order valence-electron chi connectivity index (χ0n) is 20.1. The van der Waals surface area contributed by atoms with Crippen LogP contribution in [-0.2, 0) is 19.3 Å². The summed E-state index contributed by atoms with van der Waals surface area (Å²) < 4.78 is 34.4. The maximum absolute atomic E-state index is 13.1. The average molecular weight is 546 g/mol. The summed E-state index contributed by atoms with van der Waals surface area (Å²) in [6.45, 7) is 3.31. The van der Waals surface area contributed by atoms with Gasteiger partial charge in [0.25, 0.3) is 0 Å².